The van der Waals surface area contributed by atoms with E-state index in [2.05, 4.69) is 21.0 Å². The van der Waals surface area contributed by atoms with Crippen molar-refractivity contribution in [3.63, 3.8) is 0 Å². The van der Waals surface area contributed by atoms with Gasteiger partial charge in [-0.3, -0.25) is 19.8 Å². The molecule has 1 saturated carbocycles. The Bertz CT molecular complexity index is 580. The van der Waals surface area contributed by atoms with Gasteiger partial charge in [0.1, 0.15) is 12.2 Å². The summed E-state index contributed by atoms with van der Waals surface area (Å²) in [6, 6.07) is 0.604. The maximum Gasteiger partial charge on any atom is 0.220 e. The van der Waals surface area contributed by atoms with Gasteiger partial charge in [-0.05, 0) is 25.7 Å². The van der Waals surface area contributed by atoms with Gasteiger partial charge in [0.15, 0.2) is 6.23 Å². The smallest absolute Gasteiger partial charge is 0.220 e. The van der Waals surface area contributed by atoms with Crippen molar-refractivity contribution < 1.29 is 19.8 Å². The molecule has 5 rings (SSSR count). The van der Waals surface area contributed by atoms with E-state index < -0.39 is 0 Å². The monoisotopic (exact) mass is 408 g/mol. The van der Waals surface area contributed by atoms with Crippen molar-refractivity contribution >= 4 is 5.91 Å². The van der Waals surface area contributed by atoms with E-state index >= 15 is 0 Å². The molecule has 5 fully saturated rings. The van der Waals surface area contributed by atoms with E-state index in [1.165, 1.54) is 51.6 Å². The zero-order valence-electron chi connectivity index (χ0n) is 17.7. The van der Waals surface area contributed by atoms with Crippen LogP contribution in [0.15, 0.2) is 0 Å². The average Bonchev–Trinajstić information content (AvgIpc) is 3.23. The Morgan fingerprint density at radius 1 is 1.17 bits per heavy atom. The lowest BCUT2D eigenvalue weighted by molar-refractivity contribution is -0.918. The highest BCUT2D eigenvalue weighted by Crippen LogP contribution is 2.28. The van der Waals surface area contributed by atoms with Crippen LogP contribution in [-0.2, 0) is 9.63 Å². The summed E-state index contributed by atoms with van der Waals surface area (Å²) in [6.45, 7) is 5.81. The van der Waals surface area contributed by atoms with E-state index in [0.717, 1.165) is 38.4 Å². The van der Waals surface area contributed by atoms with Crippen molar-refractivity contribution in [2.24, 2.45) is 23.5 Å². The van der Waals surface area contributed by atoms with Gasteiger partial charge >= 0.3 is 0 Å². The standard InChI is InChI=1S/C21H38N6O2/c22-19(28)15-6-10-26(11-7-15)18-12-16(5-8-23-18)20-24-21(29-25-20)17-2-1-9-27(17)13-14-3-4-14/h14-18,20-21,23-25H,1-13H2,(H2,22,28)/p+2/t16?,17-,18?,20?,21?/m1/s1. The van der Waals surface area contributed by atoms with Gasteiger partial charge in [-0.2, -0.15) is 5.48 Å². The molecule has 0 aromatic rings. The molecule has 0 radical (unpaired) electrons. The number of hydrogen-bond acceptors (Lipinski definition) is 5. The number of piperidine rings is 2. The number of likely N-dealkylation sites (tertiary alicyclic amines) is 2. The molecule has 0 spiro atoms. The molecule has 4 saturated heterocycles. The third kappa shape index (κ3) is 4.62. The van der Waals surface area contributed by atoms with Gasteiger partial charge in [0.25, 0.3) is 0 Å². The fourth-order valence-electron chi connectivity index (χ4n) is 6.22. The number of hydrogen-bond donors (Lipinski definition) is 5. The van der Waals surface area contributed by atoms with E-state index in [1.54, 1.807) is 4.90 Å². The molecule has 0 aromatic carbocycles. The molecule has 164 valence electrons. The lowest BCUT2D eigenvalue weighted by Crippen LogP contribution is -3.15. The second-order valence-corrected chi connectivity index (χ2v) is 10.2. The van der Waals surface area contributed by atoms with Gasteiger partial charge in [0.05, 0.1) is 25.8 Å². The maximum atomic E-state index is 11.5. The number of nitrogens with zero attached hydrogens (tertiary/aromatic N) is 1. The molecule has 8 heteroatoms. The van der Waals surface area contributed by atoms with Crippen LogP contribution in [0.2, 0.25) is 0 Å². The van der Waals surface area contributed by atoms with Crippen LogP contribution < -0.4 is 26.7 Å². The number of quaternary nitrogens is 2. The van der Waals surface area contributed by atoms with E-state index in [0.29, 0.717) is 18.1 Å². The highest BCUT2D eigenvalue weighted by Gasteiger charge is 2.45. The van der Waals surface area contributed by atoms with Crippen LogP contribution in [0.3, 0.4) is 0 Å². The summed E-state index contributed by atoms with van der Waals surface area (Å²) >= 11 is 0. The van der Waals surface area contributed by atoms with E-state index in [4.69, 9.17) is 10.6 Å². The molecular weight excluding hydrogens is 368 g/mol. The van der Waals surface area contributed by atoms with Gasteiger partial charge in [-0.25, -0.2) is 0 Å². The Labute approximate surface area is 174 Å². The first kappa shape index (κ1) is 20.2. The fourth-order valence-corrected chi connectivity index (χ4v) is 6.22. The van der Waals surface area contributed by atoms with Crippen LogP contribution in [0.4, 0.5) is 0 Å². The Balaban J connectivity index is 1.12. The van der Waals surface area contributed by atoms with Crippen LogP contribution in [0, 0.1) is 17.8 Å². The Morgan fingerprint density at radius 2 is 2.00 bits per heavy atom. The first-order chi connectivity index (χ1) is 14.2. The van der Waals surface area contributed by atoms with Crippen molar-refractivity contribution in [1.29, 1.82) is 0 Å². The molecule has 7 N–H and O–H groups in total. The zero-order valence-corrected chi connectivity index (χ0v) is 17.7. The third-order valence-corrected chi connectivity index (χ3v) is 8.21. The van der Waals surface area contributed by atoms with Crippen LogP contribution in [-0.4, -0.2) is 68.1 Å². The SMILES string of the molecule is NC(=O)C1CCN(C2CC(C3NOC([C@H]4CCC[NH+]4CC4CC4)N3)CC[NH2+]2)CC1. The summed E-state index contributed by atoms with van der Waals surface area (Å²) in [5.41, 5.74) is 8.87. The third-order valence-electron chi connectivity index (χ3n) is 8.21. The second kappa shape index (κ2) is 8.77. The molecule has 1 amide bonds. The zero-order chi connectivity index (χ0) is 19.8. The predicted molar refractivity (Wildman–Crippen MR) is 108 cm³/mol. The largest absolute Gasteiger partial charge is 0.369 e. The molecule has 0 bridgehead atoms. The molecule has 1 aliphatic carbocycles. The molecule has 4 heterocycles. The fraction of sp³-hybridized carbons (Fsp3) is 0.952. The van der Waals surface area contributed by atoms with Gasteiger partial charge in [-0.15, -0.1) is 0 Å². The first-order valence-electron chi connectivity index (χ1n) is 12.1. The van der Waals surface area contributed by atoms with Crippen LogP contribution in [0.1, 0.15) is 51.4 Å². The van der Waals surface area contributed by atoms with Crippen molar-refractivity contribution in [3.8, 4) is 0 Å². The highest BCUT2D eigenvalue weighted by molar-refractivity contribution is 5.76. The van der Waals surface area contributed by atoms with Crippen LogP contribution in [0.5, 0.6) is 0 Å². The van der Waals surface area contributed by atoms with Gasteiger partial charge in [0, 0.05) is 56.5 Å². The number of carbonyl (C=O) groups excluding carboxylic acids is 1. The van der Waals surface area contributed by atoms with E-state index in [1.807, 2.05) is 0 Å². The normalized spacial score (nSPS) is 42.3. The number of primary amides is 1. The number of hydroxylamine groups is 1. The minimum absolute atomic E-state index is 0.0745. The second-order valence-electron chi connectivity index (χ2n) is 10.2. The molecule has 29 heavy (non-hydrogen) atoms. The van der Waals surface area contributed by atoms with Gasteiger partial charge in [-0.1, -0.05) is 0 Å². The number of rotatable bonds is 6. The molecule has 5 unspecified atom stereocenters. The summed E-state index contributed by atoms with van der Waals surface area (Å²) in [5.74, 6) is 1.52. The van der Waals surface area contributed by atoms with Crippen molar-refractivity contribution in [2.75, 3.05) is 32.7 Å². The van der Waals surface area contributed by atoms with Crippen LogP contribution >= 0.6 is 0 Å². The summed E-state index contributed by atoms with van der Waals surface area (Å²) in [4.78, 5) is 21.9. The molecule has 0 aromatic heterocycles. The minimum atomic E-state index is -0.123. The Morgan fingerprint density at radius 3 is 2.76 bits per heavy atom. The first-order valence-corrected chi connectivity index (χ1v) is 12.1. The van der Waals surface area contributed by atoms with Gasteiger partial charge in [0.2, 0.25) is 5.91 Å². The number of nitrogens with one attached hydrogen (secondary N) is 3. The molecule has 6 atom stereocenters. The summed E-state index contributed by atoms with van der Waals surface area (Å²) in [6.07, 6.45) is 10.7. The van der Waals surface area contributed by atoms with E-state index in [-0.39, 0.29) is 24.2 Å². The lowest BCUT2D eigenvalue weighted by atomic mass is 9.90. The predicted octanol–water partition coefficient (Wildman–Crippen LogP) is -2.28. The topological polar surface area (TPSA) is 101 Å². The Kier molecular flexibility index (Phi) is 6.09. The quantitative estimate of drug-likeness (QED) is 0.341. The maximum absolute atomic E-state index is 11.5. The summed E-state index contributed by atoms with van der Waals surface area (Å²) in [7, 11) is 0. The van der Waals surface area contributed by atoms with Gasteiger partial charge < -0.3 is 16.0 Å². The van der Waals surface area contributed by atoms with E-state index in [9.17, 15) is 4.79 Å². The number of carbonyl (C=O) groups is 1. The van der Waals surface area contributed by atoms with Crippen molar-refractivity contribution in [2.45, 2.75) is 76.0 Å². The average molecular weight is 409 g/mol. The minimum Gasteiger partial charge on any atom is -0.369 e. The lowest BCUT2D eigenvalue weighted by Gasteiger charge is -2.39. The highest BCUT2D eigenvalue weighted by atomic mass is 16.7. The number of nitrogens with two attached hydrogens (primary N) is 2. The molecule has 4 aliphatic heterocycles. The van der Waals surface area contributed by atoms with Crippen LogP contribution in [0.25, 0.3) is 0 Å². The van der Waals surface area contributed by atoms with Crippen molar-refractivity contribution in [1.82, 2.24) is 15.7 Å². The summed E-state index contributed by atoms with van der Waals surface area (Å²) < 4.78 is 0. The Hall–Kier alpha value is -0.770. The molecule has 5 aliphatic rings. The van der Waals surface area contributed by atoms with Crippen molar-refractivity contribution in [3.05, 3.63) is 0 Å². The summed E-state index contributed by atoms with van der Waals surface area (Å²) in [5, 5.41) is 6.32. The molecule has 8 nitrogen and oxygen atoms in total. The molecular formula is C21H40N6O2+2. The number of amides is 1.